The largest absolute Gasteiger partial charge is 0.392 e. The molecule has 2 aliphatic carbocycles. The molecule has 0 aromatic carbocycles. The molecule has 2 saturated carbocycles. The monoisotopic (exact) mass is 265 g/mol. The quantitative estimate of drug-likeness (QED) is 0.771. The van der Waals surface area contributed by atoms with E-state index >= 15 is 0 Å². The number of aliphatic hydroxyl groups excluding tert-OH is 1. The van der Waals surface area contributed by atoms with E-state index in [0.29, 0.717) is 12.3 Å². The van der Waals surface area contributed by atoms with Crippen LogP contribution in [0.4, 0.5) is 0 Å². The highest BCUT2D eigenvalue weighted by Gasteiger charge is 2.60. The van der Waals surface area contributed by atoms with Crippen LogP contribution < -0.4 is 0 Å². The zero-order valence-electron chi connectivity index (χ0n) is 11.9. The molecule has 0 spiro atoms. The summed E-state index contributed by atoms with van der Waals surface area (Å²) in [7, 11) is 0. The van der Waals surface area contributed by atoms with Gasteiger partial charge in [-0.25, -0.2) is 0 Å². The third-order valence-corrected chi connectivity index (χ3v) is 5.82. The van der Waals surface area contributed by atoms with E-state index < -0.39 is 6.10 Å². The summed E-state index contributed by atoms with van der Waals surface area (Å²) in [4.78, 5) is 26.5. The summed E-state index contributed by atoms with van der Waals surface area (Å²) in [5.74, 6) is 0.425. The number of hydrogen-bond donors (Lipinski definition) is 1. The van der Waals surface area contributed by atoms with Crippen LogP contribution >= 0.6 is 0 Å². The van der Waals surface area contributed by atoms with Crippen molar-refractivity contribution in [2.75, 3.05) is 0 Å². The maximum atomic E-state index is 12.5. The summed E-state index contributed by atoms with van der Waals surface area (Å²) in [6.07, 6.45) is 2.94. The molecule has 1 N–H and O–H groups in total. The molecule has 19 heavy (non-hydrogen) atoms. The van der Waals surface area contributed by atoms with E-state index in [0.717, 1.165) is 19.3 Å². The fraction of sp³-hybridized carbons (Fsp3) is 0.867. The van der Waals surface area contributed by atoms with Gasteiger partial charge in [-0.05, 0) is 25.2 Å². The minimum Gasteiger partial charge on any atom is -0.392 e. The van der Waals surface area contributed by atoms with Crippen LogP contribution in [0.15, 0.2) is 0 Å². The first-order valence-electron chi connectivity index (χ1n) is 7.42. The van der Waals surface area contributed by atoms with E-state index in [2.05, 4.69) is 6.92 Å². The molecule has 4 heteroatoms. The van der Waals surface area contributed by atoms with E-state index in [1.165, 1.54) is 4.90 Å². The second-order valence-electron chi connectivity index (χ2n) is 7.09. The summed E-state index contributed by atoms with van der Waals surface area (Å²) >= 11 is 0. The number of likely N-dealkylation sites (tertiary alicyclic amines) is 1. The van der Waals surface area contributed by atoms with Crippen molar-refractivity contribution in [3.05, 3.63) is 0 Å². The molecule has 106 valence electrons. The van der Waals surface area contributed by atoms with Crippen LogP contribution in [0.5, 0.6) is 0 Å². The molecule has 0 aromatic rings. The van der Waals surface area contributed by atoms with Crippen molar-refractivity contribution < 1.29 is 14.7 Å². The van der Waals surface area contributed by atoms with Crippen LogP contribution in [0.1, 0.15) is 46.5 Å². The van der Waals surface area contributed by atoms with Crippen molar-refractivity contribution in [2.45, 2.75) is 58.6 Å². The Kier molecular flexibility index (Phi) is 2.79. The van der Waals surface area contributed by atoms with Crippen molar-refractivity contribution in [3.8, 4) is 0 Å². The number of imide groups is 1. The van der Waals surface area contributed by atoms with E-state index in [4.69, 9.17) is 0 Å². The third-order valence-electron chi connectivity index (χ3n) is 5.82. The van der Waals surface area contributed by atoms with Crippen LogP contribution in [0.3, 0.4) is 0 Å². The number of fused-ring (bicyclic) bond motifs is 1. The molecular formula is C15H23NO3. The topological polar surface area (TPSA) is 57.6 Å². The van der Waals surface area contributed by atoms with Crippen molar-refractivity contribution in [2.24, 2.45) is 23.2 Å². The molecule has 0 bridgehead atoms. The maximum Gasteiger partial charge on any atom is 0.233 e. The number of rotatable bonds is 2. The fourth-order valence-electron chi connectivity index (χ4n) is 4.11. The van der Waals surface area contributed by atoms with E-state index in [-0.39, 0.29) is 35.1 Å². The molecule has 0 aromatic heterocycles. The molecule has 4 atom stereocenters. The molecule has 3 aliphatic rings. The Morgan fingerprint density at radius 2 is 1.68 bits per heavy atom. The van der Waals surface area contributed by atoms with E-state index in [1.54, 1.807) is 0 Å². The number of hydrogen-bond acceptors (Lipinski definition) is 3. The summed E-state index contributed by atoms with van der Waals surface area (Å²) in [5.41, 5.74) is -0.353. The van der Waals surface area contributed by atoms with Gasteiger partial charge in [0.1, 0.15) is 0 Å². The highest BCUT2D eigenvalue weighted by Crippen LogP contribution is 2.50. The van der Waals surface area contributed by atoms with Crippen molar-refractivity contribution in [1.82, 2.24) is 4.90 Å². The van der Waals surface area contributed by atoms with E-state index in [9.17, 15) is 14.7 Å². The van der Waals surface area contributed by atoms with Crippen LogP contribution in [0.2, 0.25) is 0 Å². The zero-order chi connectivity index (χ0) is 13.9. The molecule has 4 unspecified atom stereocenters. The molecule has 2 amide bonds. The van der Waals surface area contributed by atoms with Gasteiger partial charge in [-0.2, -0.15) is 0 Å². The highest BCUT2D eigenvalue weighted by atomic mass is 16.3. The average Bonchev–Trinajstić information content (AvgIpc) is 2.89. The predicted molar refractivity (Wildman–Crippen MR) is 70.0 cm³/mol. The summed E-state index contributed by atoms with van der Waals surface area (Å²) in [6, 6.07) is -0.104. The minimum absolute atomic E-state index is 0.0240. The molecule has 0 radical (unpaired) electrons. The molecule has 4 nitrogen and oxygen atoms in total. The molecule has 3 fully saturated rings. The van der Waals surface area contributed by atoms with E-state index in [1.807, 2.05) is 13.8 Å². The number of carbonyl (C=O) groups excluding carboxylic acids is 2. The predicted octanol–water partition coefficient (Wildman–Crippen LogP) is 1.57. The number of carbonyl (C=O) groups is 2. The Bertz CT molecular complexity index is 407. The molecule has 3 rings (SSSR count). The van der Waals surface area contributed by atoms with Gasteiger partial charge in [0.05, 0.1) is 17.9 Å². The lowest BCUT2D eigenvalue weighted by molar-refractivity contribution is -0.163. The Labute approximate surface area is 114 Å². The SMILES string of the molecule is CCC1CC2C(=O)N(C3CC(O)C3(C)C)C(=O)C2C1. The standard InChI is InChI=1S/C15H23NO3/c1-4-8-5-9-10(6-8)14(19)16(13(9)18)11-7-12(17)15(11,2)3/h8-12,17H,4-7H2,1-3H3. The van der Waals surface area contributed by atoms with Crippen LogP contribution in [-0.4, -0.2) is 34.0 Å². The number of nitrogens with zero attached hydrogens (tertiary/aromatic N) is 1. The van der Waals surface area contributed by atoms with Gasteiger partial charge >= 0.3 is 0 Å². The molecule has 1 aliphatic heterocycles. The normalized spacial score (nSPS) is 44.4. The van der Waals surface area contributed by atoms with Gasteiger partial charge in [-0.15, -0.1) is 0 Å². The third kappa shape index (κ3) is 1.62. The Morgan fingerprint density at radius 1 is 1.16 bits per heavy atom. The van der Waals surface area contributed by atoms with Gasteiger partial charge in [-0.1, -0.05) is 27.2 Å². The Balaban J connectivity index is 1.80. The molecule has 1 heterocycles. The van der Waals surface area contributed by atoms with Crippen LogP contribution in [0, 0.1) is 23.2 Å². The van der Waals surface area contributed by atoms with Crippen molar-refractivity contribution in [3.63, 3.8) is 0 Å². The summed E-state index contributed by atoms with van der Waals surface area (Å²) in [6.45, 7) is 6.01. The lowest BCUT2D eigenvalue weighted by Gasteiger charge is -2.52. The number of aliphatic hydroxyl groups is 1. The lowest BCUT2D eigenvalue weighted by Crippen LogP contribution is -2.62. The van der Waals surface area contributed by atoms with Gasteiger partial charge in [-0.3, -0.25) is 14.5 Å². The second kappa shape index (κ2) is 4.05. The first-order valence-corrected chi connectivity index (χ1v) is 7.42. The first-order chi connectivity index (χ1) is 8.87. The minimum atomic E-state index is -0.401. The maximum absolute atomic E-state index is 12.5. The van der Waals surface area contributed by atoms with Gasteiger partial charge in [0.25, 0.3) is 0 Å². The molecule has 1 saturated heterocycles. The fourth-order valence-corrected chi connectivity index (χ4v) is 4.11. The Morgan fingerprint density at radius 3 is 2.05 bits per heavy atom. The lowest BCUT2D eigenvalue weighted by atomic mass is 9.64. The van der Waals surface area contributed by atoms with Crippen molar-refractivity contribution in [1.29, 1.82) is 0 Å². The van der Waals surface area contributed by atoms with Gasteiger partial charge in [0, 0.05) is 11.5 Å². The van der Waals surface area contributed by atoms with Crippen LogP contribution in [-0.2, 0) is 9.59 Å². The highest BCUT2D eigenvalue weighted by molar-refractivity contribution is 6.06. The average molecular weight is 265 g/mol. The number of amides is 2. The Hall–Kier alpha value is -0.900. The van der Waals surface area contributed by atoms with Gasteiger partial charge in [0.15, 0.2) is 0 Å². The summed E-state index contributed by atoms with van der Waals surface area (Å²) < 4.78 is 0. The summed E-state index contributed by atoms with van der Waals surface area (Å²) in [5, 5.41) is 9.81. The van der Waals surface area contributed by atoms with Crippen molar-refractivity contribution >= 4 is 11.8 Å². The zero-order valence-corrected chi connectivity index (χ0v) is 11.9. The van der Waals surface area contributed by atoms with Gasteiger partial charge < -0.3 is 5.11 Å². The van der Waals surface area contributed by atoms with Gasteiger partial charge in [0.2, 0.25) is 11.8 Å². The second-order valence-corrected chi connectivity index (χ2v) is 7.09. The molecular weight excluding hydrogens is 242 g/mol. The smallest absolute Gasteiger partial charge is 0.233 e. The van der Waals surface area contributed by atoms with Crippen LogP contribution in [0.25, 0.3) is 0 Å². The first kappa shape index (κ1) is 13.1.